The molecule has 0 aliphatic rings. The van der Waals surface area contributed by atoms with Crippen LogP contribution < -0.4 is 5.73 Å². The zero-order chi connectivity index (χ0) is 13.4. The summed E-state index contributed by atoms with van der Waals surface area (Å²) in [6.45, 7) is 1.86. The van der Waals surface area contributed by atoms with E-state index in [0.717, 1.165) is 22.2 Å². The molecule has 2 aromatic heterocycles. The van der Waals surface area contributed by atoms with Crippen molar-refractivity contribution < 1.29 is 0 Å². The third kappa shape index (κ3) is 2.17. The lowest BCUT2D eigenvalue weighted by Gasteiger charge is -1.96. The number of aromatic nitrogens is 4. The first kappa shape index (κ1) is 11.7. The van der Waals surface area contributed by atoms with Gasteiger partial charge in [0, 0.05) is 5.39 Å². The minimum atomic E-state index is 0.358. The Bertz CT molecular complexity index is 770. The normalized spacial score (nSPS) is 11.7. The second kappa shape index (κ2) is 4.40. The van der Waals surface area contributed by atoms with Crippen molar-refractivity contribution in [2.24, 2.45) is 5.10 Å². The van der Waals surface area contributed by atoms with Crippen LogP contribution in [0.4, 0.5) is 5.95 Å². The number of halogens is 1. The fourth-order valence-corrected chi connectivity index (χ4v) is 2.00. The van der Waals surface area contributed by atoms with Crippen LogP contribution >= 0.6 is 11.6 Å². The number of rotatable bonds is 2. The lowest BCUT2D eigenvalue weighted by Crippen LogP contribution is -1.96. The summed E-state index contributed by atoms with van der Waals surface area (Å²) < 4.78 is 1.52. The van der Waals surface area contributed by atoms with Crippen LogP contribution in [0.2, 0.25) is 5.15 Å². The van der Waals surface area contributed by atoms with Crippen LogP contribution in [0.15, 0.2) is 29.5 Å². The van der Waals surface area contributed by atoms with Crippen molar-refractivity contribution in [1.29, 1.82) is 0 Å². The molecule has 0 spiro atoms. The molecule has 6 nitrogen and oxygen atoms in total. The predicted octanol–water partition coefficient (Wildman–Crippen LogP) is 2.19. The van der Waals surface area contributed by atoms with E-state index in [1.54, 1.807) is 12.4 Å². The van der Waals surface area contributed by atoms with Crippen LogP contribution in [0, 0.1) is 6.92 Å². The Hall–Kier alpha value is -2.34. The van der Waals surface area contributed by atoms with Gasteiger partial charge < -0.3 is 5.73 Å². The van der Waals surface area contributed by atoms with E-state index < -0.39 is 0 Å². The first-order chi connectivity index (χ1) is 9.13. The van der Waals surface area contributed by atoms with Gasteiger partial charge in [-0.2, -0.15) is 10.2 Å². The zero-order valence-electron chi connectivity index (χ0n) is 10.1. The van der Waals surface area contributed by atoms with Gasteiger partial charge in [-0.1, -0.05) is 17.7 Å². The van der Waals surface area contributed by atoms with Gasteiger partial charge in [0.2, 0.25) is 5.95 Å². The number of nitrogens with zero attached hydrogens (tertiary/aromatic N) is 4. The Balaban J connectivity index is 1.96. The van der Waals surface area contributed by atoms with Crippen molar-refractivity contribution in [2.45, 2.75) is 6.92 Å². The summed E-state index contributed by atoms with van der Waals surface area (Å²) in [4.78, 5) is 4.07. The lowest BCUT2D eigenvalue weighted by molar-refractivity contribution is 0.897. The van der Waals surface area contributed by atoms with Gasteiger partial charge in [0.05, 0.1) is 23.6 Å². The third-order valence-electron chi connectivity index (χ3n) is 2.70. The van der Waals surface area contributed by atoms with E-state index in [1.807, 2.05) is 25.1 Å². The number of hydrogen-bond acceptors (Lipinski definition) is 4. The van der Waals surface area contributed by atoms with E-state index in [0.29, 0.717) is 11.1 Å². The third-order valence-corrected chi connectivity index (χ3v) is 2.99. The SMILES string of the molecule is Cc1cn(N=Cc2ccc3n[nH]c(Cl)c3c2)c(N)n1. The number of anilines is 1. The van der Waals surface area contributed by atoms with Gasteiger partial charge in [-0.15, -0.1) is 0 Å². The van der Waals surface area contributed by atoms with Crippen molar-refractivity contribution >= 4 is 34.7 Å². The number of aryl methyl sites for hydroxylation is 1. The maximum atomic E-state index is 5.99. The highest BCUT2D eigenvalue weighted by atomic mass is 35.5. The minimum absolute atomic E-state index is 0.358. The molecule has 0 bridgehead atoms. The molecule has 0 radical (unpaired) electrons. The standard InChI is InChI=1S/C12H11ClN6/c1-7-6-19(12(14)16-7)15-5-8-2-3-10-9(4-8)11(13)18-17-10/h2-6H,1H3,(H2,14,16)(H,17,18). The molecule has 19 heavy (non-hydrogen) atoms. The number of benzene rings is 1. The van der Waals surface area contributed by atoms with Gasteiger partial charge in [0.1, 0.15) is 5.15 Å². The van der Waals surface area contributed by atoms with Crippen LogP contribution in [0.5, 0.6) is 0 Å². The van der Waals surface area contributed by atoms with Gasteiger partial charge in [-0.05, 0) is 24.6 Å². The molecule has 0 aliphatic heterocycles. The molecule has 0 fully saturated rings. The van der Waals surface area contributed by atoms with Crippen LogP contribution in [-0.2, 0) is 0 Å². The monoisotopic (exact) mass is 274 g/mol. The van der Waals surface area contributed by atoms with Crippen molar-refractivity contribution in [1.82, 2.24) is 19.9 Å². The van der Waals surface area contributed by atoms with E-state index in [-0.39, 0.29) is 0 Å². The number of imidazole rings is 1. The molecule has 96 valence electrons. The fourth-order valence-electron chi connectivity index (χ4n) is 1.80. The second-order valence-electron chi connectivity index (χ2n) is 4.14. The smallest absolute Gasteiger partial charge is 0.221 e. The summed E-state index contributed by atoms with van der Waals surface area (Å²) in [5, 5.41) is 12.4. The first-order valence-corrected chi connectivity index (χ1v) is 6.01. The van der Waals surface area contributed by atoms with E-state index in [1.165, 1.54) is 4.68 Å². The molecule has 0 atom stereocenters. The number of nitrogen functional groups attached to an aromatic ring is 1. The summed E-state index contributed by atoms with van der Waals surface area (Å²) in [6.07, 6.45) is 3.45. The van der Waals surface area contributed by atoms with E-state index in [4.69, 9.17) is 17.3 Å². The molecule has 0 saturated carbocycles. The Morgan fingerprint density at radius 1 is 1.47 bits per heavy atom. The zero-order valence-corrected chi connectivity index (χ0v) is 10.9. The van der Waals surface area contributed by atoms with Crippen LogP contribution in [0.1, 0.15) is 11.3 Å². The van der Waals surface area contributed by atoms with Crippen LogP contribution in [0.25, 0.3) is 10.9 Å². The largest absolute Gasteiger partial charge is 0.368 e. The summed E-state index contributed by atoms with van der Waals surface area (Å²) in [5.41, 5.74) is 8.25. The molecular formula is C12H11ClN6. The van der Waals surface area contributed by atoms with Crippen molar-refractivity contribution in [3.8, 4) is 0 Å². The van der Waals surface area contributed by atoms with Gasteiger partial charge in [0.25, 0.3) is 0 Å². The van der Waals surface area contributed by atoms with Gasteiger partial charge in [-0.25, -0.2) is 9.66 Å². The molecule has 3 N–H and O–H groups in total. The first-order valence-electron chi connectivity index (χ1n) is 5.63. The van der Waals surface area contributed by atoms with Crippen molar-refractivity contribution in [3.63, 3.8) is 0 Å². The number of aromatic amines is 1. The van der Waals surface area contributed by atoms with E-state index in [2.05, 4.69) is 20.3 Å². The van der Waals surface area contributed by atoms with Crippen molar-refractivity contribution in [3.05, 3.63) is 40.8 Å². The maximum absolute atomic E-state index is 5.99. The summed E-state index contributed by atoms with van der Waals surface area (Å²) in [5.74, 6) is 0.358. The van der Waals surface area contributed by atoms with E-state index >= 15 is 0 Å². The maximum Gasteiger partial charge on any atom is 0.221 e. The molecule has 3 aromatic rings. The average molecular weight is 275 g/mol. The van der Waals surface area contributed by atoms with Crippen molar-refractivity contribution in [2.75, 3.05) is 5.73 Å². The highest BCUT2D eigenvalue weighted by Crippen LogP contribution is 2.20. The highest BCUT2D eigenvalue weighted by molar-refractivity contribution is 6.34. The lowest BCUT2D eigenvalue weighted by atomic mass is 10.2. The molecule has 0 aliphatic carbocycles. The molecule has 0 saturated heterocycles. The molecule has 3 rings (SSSR count). The van der Waals surface area contributed by atoms with Crippen LogP contribution in [-0.4, -0.2) is 26.1 Å². The van der Waals surface area contributed by atoms with Gasteiger partial charge in [0.15, 0.2) is 0 Å². The topological polar surface area (TPSA) is 84.9 Å². The predicted molar refractivity (Wildman–Crippen MR) is 75.5 cm³/mol. The second-order valence-corrected chi connectivity index (χ2v) is 4.52. The van der Waals surface area contributed by atoms with Crippen LogP contribution in [0.3, 0.4) is 0 Å². The molecule has 2 heterocycles. The summed E-state index contributed by atoms with van der Waals surface area (Å²) in [7, 11) is 0. The molecule has 0 unspecified atom stereocenters. The molecular weight excluding hydrogens is 264 g/mol. The number of fused-ring (bicyclic) bond motifs is 1. The molecule has 0 amide bonds. The Morgan fingerprint density at radius 2 is 2.32 bits per heavy atom. The number of nitrogens with two attached hydrogens (primary N) is 1. The summed E-state index contributed by atoms with van der Waals surface area (Å²) >= 11 is 5.99. The molecule has 7 heteroatoms. The van der Waals surface area contributed by atoms with Gasteiger partial charge in [-0.3, -0.25) is 5.10 Å². The molecule has 1 aromatic carbocycles. The van der Waals surface area contributed by atoms with Gasteiger partial charge >= 0.3 is 0 Å². The Labute approximate surface area is 113 Å². The quantitative estimate of drug-likeness (QED) is 0.703. The highest BCUT2D eigenvalue weighted by Gasteiger charge is 2.03. The summed E-state index contributed by atoms with van der Waals surface area (Å²) in [6, 6.07) is 5.69. The fraction of sp³-hybridized carbons (Fsp3) is 0.0833. The Kier molecular flexibility index (Phi) is 2.72. The number of H-pyrrole nitrogens is 1. The number of hydrogen-bond donors (Lipinski definition) is 2. The van der Waals surface area contributed by atoms with E-state index in [9.17, 15) is 0 Å². The minimum Gasteiger partial charge on any atom is -0.368 e. The Morgan fingerprint density at radius 3 is 3.05 bits per heavy atom. The average Bonchev–Trinajstić information content (AvgIpc) is 2.90. The number of nitrogens with one attached hydrogen (secondary N) is 1.